The highest BCUT2D eigenvalue weighted by molar-refractivity contribution is 5.70. The van der Waals surface area contributed by atoms with E-state index >= 15 is 0 Å². The van der Waals surface area contributed by atoms with Crippen LogP contribution in [0.3, 0.4) is 0 Å². The van der Waals surface area contributed by atoms with E-state index in [-0.39, 0.29) is 36.0 Å². The van der Waals surface area contributed by atoms with Crippen molar-refractivity contribution in [1.29, 1.82) is 0 Å². The number of rotatable bonds is 17. The molecule has 0 saturated heterocycles. The van der Waals surface area contributed by atoms with Crippen LogP contribution in [0.1, 0.15) is 119 Å². The SMILES string of the molecule is C=C(C)C#CC(OC(=O)CCCCCCCCC(=O)OC(C#CC(=C)C)C(C)CCC)C(C)CCC. The van der Waals surface area contributed by atoms with Crippen molar-refractivity contribution in [2.45, 2.75) is 131 Å². The Morgan fingerprint density at radius 3 is 1.31 bits per heavy atom. The fraction of sp³-hybridized carbons (Fsp3) is 0.688. The van der Waals surface area contributed by atoms with Gasteiger partial charge in [0, 0.05) is 24.7 Å². The first-order valence-electron chi connectivity index (χ1n) is 13.8. The molecule has 0 aromatic rings. The van der Waals surface area contributed by atoms with Gasteiger partial charge in [-0.2, -0.15) is 0 Å². The zero-order valence-electron chi connectivity index (χ0n) is 23.8. The number of carbonyl (C=O) groups is 2. The topological polar surface area (TPSA) is 52.6 Å². The van der Waals surface area contributed by atoms with Crippen LogP contribution in [0.2, 0.25) is 0 Å². The van der Waals surface area contributed by atoms with Crippen LogP contribution in [0.25, 0.3) is 0 Å². The van der Waals surface area contributed by atoms with Gasteiger partial charge in [-0.05, 0) is 50.7 Å². The molecule has 0 rings (SSSR count). The van der Waals surface area contributed by atoms with E-state index < -0.39 is 0 Å². The van der Waals surface area contributed by atoms with E-state index in [2.05, 4.69) is 64.5 Å². The van der Waals surface area contributed by atoms with E-state index in [9.17, 15) is 9.59 Å². The molecule has 0 aromatic carbocycles. The number of unbranched alkanes of at least 4 members (excludes halogenated alkanes) is 5. The minimum Gasteiger partial charge on any atom is -0.449 e. The molecule has 202 valence electrons. The number of carbonyl (C=O) groups excluding carboxylic acids is 2. The largest absolute Gasteiger partial charge is 0.449 e. The fourth-order valence-corrected chi connectivity index (χ4v) is 3.82. The van der Waals surface area contributed by atoms with E-state index in [0.717, 1.165) is 75.4 Å². The highest BCUT2D eigenvalue weighted by Crippen LogP contribution is 2.17. The van der Waals surface area contributed by atoms with Crippen molar-refractivity contribution >= 4 is 11.9 Å². The van der Waals surface area contributed by atoms with Gasteiger partial charge in [-0.3, -0.25) is 9.59 Å². The lowest BCUT2D eigenvalue weighted by molar-refractivity contribution is -0.149. The first kappa shape index (κ1) is 33.5. The summed E-state index contributed by atoms with van der Waals surface area (Å²) >= 11 is 0. The zero-order valence-corrected chi connectivity index (χ0v) is 23.8. The average Bonchev–Trinajstić information content (AvgIpc) is 2.80. The molecule has 0 amide bonds. The number of esters is 2. The van der Waals surface area contributed by atoms with E-state index in [1.54, 1.807) is 0 Å². The second-order valence-corrected chi connectivity index (χ2v) is 10.1. The van der Waals surface area contributed by atoms with Crippen molar-refractivity contribution in [2.75, 3.05) is 0 Å². The Hall–Kier alpha value is -2.46. The van der Waals surface area contributed by atoms with Crippen LogP contribution in [0, 0.1) is 35.5 Å². The van der Waals surface area contributed by atoms with Crippen molar-refractivity contribution in [3.8, 4) is 23.7 Å². The number of ether oxygens (including phenoxy) is 2. The molecule has 4 heteroatoms. The highest BCUT2D eigenvalue weighted by atomic mass is 16.5. The Morgan fingerprint density at radius 1 is 0.667 bits per heavy atom. The molecule has 0 heterocycles. The maximum absolute atomic E-state index is 12.3. The van der Waals surface area contributed by atoms with E-state index in [1.807, 2.05) is 13.8 Å². The molecule has 0 spiro atoms. The van der Waals surface area contributed by atoms with Crippen LogP contribution >= 0.6 is 0 Å². The number of hydrogen-bond donors (Lipinski definition) is 0. The van der Waals surface area contributed by atoms with Gasteiger partial charge in [-0.15, -0.1) is 0 Å². The van der Waals surface area contributed by atoms with Gasteiger partial charge in [0.05, 0.1) is 0 Å². The van der Waals surface area contributed by atoms with Crippen molar-refractivity contribution in [3.05, 3.63) is 24.3 Å². The molecule has 0 bridgehead atoms. The van der Waals surface area contributed by atoms with Gasteiger partial charge in [-0.25, -0.2) is 0 Å². The van der Waals surface area contributed by atoms with Crippen LogP contribution in [0.15, 0.2) is 24.3 Å². The first-order valence-corrected chi connectivity index (χ1v) is 13.8. The quantitative estimate of drug-likeness (QED) is 0.116. The highest BCUT2D eigenvalue weighted by Gasteiger charge is 2.20. The monoisotopic (exact) mass is 498 g/mol. The molecule has 4 nitrogen and oxygen atoms in total. The van der Waals surface area contributed by atoms with Crippen LogP contribution in [0.4, 0.5) is 0 Å². The smallest absolute Gasteiger partial charge is 0.307 e. The summed E-state index contributed by atoms with van der Waals surface area (Å²) in [5.41, 5.74) is 1.55. The van der Waals surface area contributed by atoms with Crippen molar-refractivity contribution in [3.63, 3.8) is 0 Å². The molecular formula is C32H50O4. The normalized spacial score (nSPS) is 13.6. The summed E-state index contributed by atoms with van der Waals surface area (Å²) in [7, 11) is 0. The second kappa shape index (κ2) is 20.7. The Labute approximate surface area is 221 Å². The Balaban J connectivity index is 4.22. The Bertz CT molecular complexity index is 733. The molecular weight excluding hydrogens is 448 g/mol. The van der Waals surface area contributed by atoms with Gasteiger partial charge < -0.3 is 9.47 Å². The summed E-state index contributed by atoms with van der Waals surface area (Å²) in [5.74, 6) is 12.1. The summed E-state index contributed by atoms with van der Waals surface area (Å²) in [4.78, 5) is 24.6. The molecule has 0 aliphatic rings. The lowest BCUT2D eigenvalue weighted by Gasteiger charge is -2.19. The summed E-state index contributed by atoms with van der Waals surface area (Å²) < 4.78 is 11.3. The third kappa shape index (κ3) is 17.9. The van der Waals surface area contributed by atoms with Gasteiger partial charge in [0.15, 0.2) is 12.2 Å². The van der Waals surface area contributed by atoms with E-state index in [4.69, 9.17) is 9.47 Å². The molecule has 4 atom stereocenters. The van der Waals surface area contributed by atoms with E-state index in [1.165, 1.54) is 0 Å². The second-order valence-electron chi connectivity index (χ2n) is 10.1. The zero-order chi connectivity index (χ0) is 27.3. The van der Waals surface area contributed by atoms with Crippen molar-refractivity contribution in [1.82, 2.24) is 0 Å². The van der Waals surface area contributed by atoms with Crippen LogP contribution in [0.5, 0.6) is 0 Å². The molecule has 0 aromatic heterocycles. The molecule has 0 aliphatic heterocycles. The molecule has 0 N–H and O–H groups in total. The summed E-state index contributed by atoms with van der Waals surface area (Å²) in [6, 6.07) is 0. The molecule has 0 saturated carbocycles. The van der Waals surface area contributed by atoms with Crippen molar-refractivity contribution in [2.24, 2.45) is 11.8 Å². The number of allylic oxidation sites excluding steroid dienone is 2. The molecule has 4 unspecified atom stereocenters. The van der Waals surface area contributed by atoms with Gasteiger partial charge >= 0.3 is 11.9 Å². The summed E-state index contributed by atoms with van der Waals surface area (Å²) in [6.07, 6.45) is 9.72. The Morgan fingerprint density at radius 2 is 1.00 bits per heavy atom. The number of hydrogen-bond acceptors (Lipinski definition) is 4. The van der Waals surface area contributed by atoms with Gasteiger partial charge in [0.1, 0.15) is 0 Å². The van der Waals surface area contributed by atoms with Gasteiger partial charge in [-0.1, -0.05) is 103 Å². The molecule has 36 heavy (non-hydrogen) atoms. The third-order valence-corrected chi connectivity index (χ3v) is 5.91. The lowest BCUT2D eigenvalue weighted by atomic mass is 9.99. The first-order chi connectivity index (χ1) is 17.1. The maximum Gasteiger partial charge on any atom is 0.307 e. The van der Waals surface area contributed by atoms with Gasteiger partial charge in [0.2, 0.25) is 0 Å². The average molecular weight is 499 g/mol. The minimum absolute atomic E-state index is 0.177. The molecule has 0 fully saturated rings. The van der Waals surface area contributed by atoms with Crippen molar-refractivity contribution < 1.29 is 19.1 Å². The van der Waals surface area contributed by atoms with Gasteiger partial charge in [0.25, 0.3) is 0 Å². The van der Waals surface area contributed by atoms with Crippen LogP contribution in [-0.2, 0) is 19.1 Å². The minimum atomic E-state index is -0.370. The lowest BCUT2D eigenvalue weighted by Crippen LogP contribution is -2.24. The maximum atomic E-state index is 12.3. The Kier molecular flexibility index (Phi) is 19.3. The predicted octanol–water partition coefficient (Wildman–Crippen LogP) is 7.96. The molecule has 0 aliphatic carbocycles. The van der Waals surface area contributed by atoms with Crippen LogP contribution in [-0.4, -0.2) is 24.1 Å². The summed E-state index contributed by atoms with van der Waals surface area (Å²) in [6.45, 7) is 19.7. The standard InChI is InChI=1S/C32H50O4/c1-9-17-27(7)29(23-21-25(3)4)35-31(33)19-15-13-11-12-14-16-20-32(34)36-30(24-22-26(5)6)28(8)18-10-2/h27-30H,3,5,9-20H2,1-2,4,6-8H3. The van der Waals surface area contributed by atoms with Crippen LogP contribution < -0.4 is 0 Å². The van der Waals surface area contributed by atoms with E-state index in [0.29, 0.717) is 12.8 Å². The predicted molar refractivity (Wildman–Crippen MR) is 150 cm³/mol. The molecule has 0 radical (unpaired) electrons. The third-order valence-electron chi connectivity index (χ3n) is 5.91. The summed E-state index contributed by atoms with van der Waals surface area (Å²) in [5, 5.41) is 0. The fourth-order valence-electron chi connectivity index (χ4n) is 3.82.